The van der Waals surface area contributed by atoms with E-state index < -0.39 is 21.9 Å². The molecular weight excluding hydrogens is 367 g/mol. The molecule has 7 heteroatoms. The standard InChI is InChI=1S/C20H27FN2O3S/c1-2-18(23-27(25,26)17-5-3-16(21)4-6-17)19(24)22-20-10-13-7-14(11-20)9-15(8-13)12-20/h3-6,13-15,18,23H,2,7-12H2,1H3,(H,22,24). The summed E-state index contributed by atoms with van der Waals surface area (Å²) in [5, 5.41) is 3.23. The topological polar surface area (TPSA) is 75.3 Å². The van der Waals surface area contributed by atoms with E-state index in [1.807, 2.05) is 0 Å². The summed E-state index contributed by atoms with van der Waals surface area (Å²) in [6.07, 6.45) is 7.26. The molecule has 0 aromatic heterocycles. The molecule has 0 heterocycles. The highest BCUT2D eigenvalue weighted by Gasteiger charge is 2.51. The van der Waals surface area contributed by atoms with Crippen LogP contribution in [0.3, 0.4) is 0 Å². The first-order valence-corrected chi connectivity index (χ1v) is 11.4. The van der Waals surface area contributed by atoms with Crippen LogP contribution in [0.4, 0.5) is 4.39 Å². The molecule has 27 heavy (non-hydrogen) atoms. The van der Waals surface area contributed by atoms with Crippen molar-refractivity contribution in [3.05, 3.63) is 30.1 Å². The summed E-state index contributed by atoms with van der Waals surface area (Å²) >= 11 is 0. The number of rotatable bonds is 6. The molecule has 0 radical (unpaired) electrons. The smallest absolute Gasteiger partial charge is 0.241 e. The molecule has 4 fully saturated rings. The minimum Gasteiger partial charge on any atom is -0.349 e. The van der Waals surface area contributed by atoms with Crippen LogP contribution in [0.1, 0.15) is 51.9 Å². The van der Waals surface area contributed by atoms with Gasteiger partial charge >= 0.3 is 0 Å². The molecule has 0 spiro atoms. The SMILES string of the molecule is CCC(NS(=O)(=O)c1ccc(F)cc1)C(=O)NC12CC3CC(CC(C3)C1)C2. The van der Waals surface area contributed by atoms with Gasteiger partial charge < -0.3 is 5.32 Å². The van der Waals surface area contributed by atoms with Crippen molar-refractivity contribution in [1.29, 1.82) is 0 Å². The van der Waals surface area contributed by atoms with Gasteiger partial charge in [0.25, 0.3) is 0 Å². The lowest BCUT2D eigenvalue weighted by Crippen LogP contribution is -2.62. The monoisotopic (exact) mass is 394 g/mol. The molecule has 1 aromatic carbocycles. The van der Waals surface area contributed by atoms with Gasteiger partial charge in [0.15, 0.2) is 0 Å². The van der Waals surface area contributed by atoms with Gasteiger partial charge in [-0.25, -0.2) is 12.8 Å². The molecule has 1 amide bonds. The maximum atomic E-state index is 13.1. The molecular formula is C20H27FN2O3S. The number of benzene rings is 1. The van der Waals surface area contributed by atoms with Crippen molar-refractivity contribution in [3.8, 4) is 0 Å². The van der Waals surface area contributed by atoms with Crippen molar-refractivity contribution in [2.45, 2.75) is 68.3 Å². The summed E-state index contributed by atoms with van der Waals surface area (Å²) in [6, 6.07) is 3.80. The number of carbonyl (C=O) groups excluding carboxylic acids is 1. The van der Waals surface area contributed by atoms with Crippen LogP contribution in [0.5, 0.6) is 0 Å². The van der Waals surface area contributed by atoms with Crippen LogP contribution >= 0.6 is 0 Å². The Morgan fingerprint density at radius 3 is 2.11 bits per heavy atom. The quantitative estimate of drug-likeness (QED) is 0.779. The Labute approximate surface area is 160 Å². The minimum absolute atomic E-state index is 0.0371. The molecule has 1 unspecified atom stereocenters. The molecule has 5 rings (SSSR count). The molecule has 4 saturated carbocycles. The summed E-state index contributed by atoms with van der Waals surface area (Å²) < 4.78 is 40.7. The van der Waals surface area contributed by atoms with Crippen LogP contribution in [0.2, 0.25) is 0 Å². The van der Waals surface area contributed by atoms with Crippen molar-refractivity contribution in [2.75, 3.05) is 0 Å². The number of hydrogen-bond acceptors (Lipinski definition) is 3. The van der Waals surface area contributed by atoms with Gasteiger partial charge in [0.05, 0.1) is 4.90 Å². The number of halogens is 1. The second kappa shape index (κ2) is 6.85. The Balaban J connectivity index is 1.46. The average molecular weight is 395 g/mol. The first-order valence-electron chi connectivity index (χ1n) is 9.88. The third-order valence-electron chi connectivity index (χ3n) is 6.57. The second-order valence-corrected chi connectivity index (χ2v) is 10.4. The Morgan fingerprint density at radius 1 is 1.11 bits per heavy atom. The fourth-order valence-corrected chi connectivity index (χ4v) is 7.08. The van der Waals surface area contributed by atoms with Crippen LogP contribution < -0.4 is 10.0 Å². The fraction of sp³-hybridized carbons (Fsp3) is 0.650. The summed E-state index contributed by atoms with van der Waals surface area (Å²) in [4.78, 5) is 12.9. The number of sulfonamides is 1. The molecule has 2 N–H and O–H groups in total. The summed E-state index contributed by atoms with van der Waals surface area (Å²) in [5.41, 5.74) is -0.152. The Morgan fingerprint density at radius 2 is 1.63 bits per heavy atom. The number of amides is 1. The molecule has 0 saturated heterocycles. The Hall–Kier alpha value is -1.47. The van der Waals surface area contributed by atoms with E-state index in [2.05, 4.69) is 10.0 Å². The van der Waals surface area contributed by atoms with E-state index in [0.717, 1.165) is 31.4 Å². The first-order chi connectivity index (χ1) is 12.8. The van der Waals surface area contributed by atoms with Crippen molar-refractivity contribution < 1.29 is 17.6 Å². The van der Waals surface area contributed by atoms with Crippen molar-refractivity contribution in [2.24, 2.45) is 17.8 Å². The third kappa shape index (κ3) is 3.76. The van der Waals surface area contributed by atoms with E-state index in [-0.39, 0.29) is 16.3 Å². The Bertz CT molecular complexity index is 787. The predicted octanol–water partition coefficient (Wildman–Crippen LogP) is 2.97. The third-order valence-corrected chi connectivity index (χ3v) is 8.06. The highest BCUT2D eigenvalue weighted by atomic mass is 32.2. The second-order valence-electron chi connectivity index (χ2n) is 8.72. The van der Waals surface area contributed by atoms with Gasteiger partial charge in [-0.3, -0.25) is 4.79 Å². The molecule has 1 atom stereocenters. The predicted molar refractivity (Wildman–Crippen MR) is 99.8 cm³/mol. The number of hydrogen-bond donors (Lipinski definition) is 2. The van der Waals surface area contributed by atoms with Gasteiger partial charge in [-0.05, 0) is 87.0 Å². The van der Waals surface area contributed by atoms with E-state index in [4.69, 9.17) is 0 Å². The zero-order valence-corrected chi connectivity index (χ0v) is 16.4. The lowest BCUT2D eigenvalue weighted by Gasteiger charge is -2.57. The summed E-state index contributed by atoms with van der Waals surface area (Å²) in [6.45, 7) is 1.79. The average Bonchev–Trinajstić information content (AvgIpc) is 2.58. The summed E-state index contributed by atoms with van der Waals surface area (Å²) in [7, 11) is -3.88. The van der Waals surface area contributed by atoms with Crippen LogP contribution in [0.25, 0.3) is 0 Å². The zero-order chi connectivity index (χ0) is 19.2. The molecule has 1 aromatic rings. The van der Waals surface area contributed by atoms with Crippen molar-refractivity contribution >= 4 is 15.9 Å². The lowest BCUT2D eigenvalue weighted by atomic mass is 9.53. The van der Waals surface area contributed by atoms with Gasteiger partial charge in [-0.15, -0.1) is 0 Å². The van der Waals surface area contributed by atoms with Crippen LogP contribution in [0.15, 0.2) is 29.2 Å². The van der Waals surface area contributed by atoms with E-state index in [1.54, 1.807) is 6.92 Å². The lowest BCUT2D eigenvalue weighted by molar-refractivity contribution is -0.128. The molecule has 4 bridgehead atoms. The molecule has 5 nitrogen and oxygen atoms in total. The maximum Gasteiger partial charge on any atom is 0.241 e. The molecule has 4 aliphatic rings. The normalized spacial score (nSPS) is 33.0. The van der Waals surface area contributed by atoms with Crippen molar-refractivity contribution in [1.82, 2.24) is 10.0 Å². The van der Waals surface area contributed by atoms with Gasteiger partial charge in [0.1, 0.15) is 11.9 Å². The summed E-state index contributed by atoms with van der Waals surface area (Å²) in [5.74, 6) is 1.36. The van der Waals surface area contributed by atoms with E-state index in [1.165, 1.54) is 31.4 Å². The minimum atomic E-state index is -3.88. The first kappa shape index (κ1) is 18.9. The number of carbonyl (C=O) groups is 1. The van der Waals surface area contributed by atoms with Crippen LogP contribution in [0, 0.1) is 23.6 Å². The van der Waals surface area contributed by atoms with Gasteiger partial charge in [0.2, 0.25) is 15.9 Å². The molecule has 0 aliphatic heterocycles. The fourth-order valence-electron chi connectivity index (χ4n) is 5.80. The zero-order valence-electron chi connectivity index (χ0n) is 15.6. The van der Waals surface area contributed by atoms with E-state index in [9.17, 15) is 17.6 Å². The number of nitrogens with one attached hydrogen (secondary N) is 2. The van der Waals surface area contributed by atoms with Gasteiger partial charge in [-0.1, -0.05) is 6.92 Å². The van der Waals surface area contributed by atoms with Crippen molar-refractivity contribution in [3.63, 3.8) is 0 Å². The highest BCUT2D eigenvalue weighted by molar-refractivity contribution is 7.89. The van der Waals surface area contributed by atoms with Gasteiger partial charge in [-0.2, -0.15) is 4.72 Å². The maximum absolute atomic E-state index is 13.1. The van der Waals surface area contributed by atoms with Gasteiger partial charge in [0, 0.05) is 5.54 Å². The molecule has 4 aliphatic carbocycles. The van der Waals surface area contributed by atoms with E-state index in [0.29, 0.717) is 24.2 Å². The highest BCUT2D eigenvalue weighted by Crippen LogP contribution is 2.55. The largest absolute Gasteiger partial charge is 0.349 e. The molecule has 148 valence electrons. The van der Waals surface area contributed by atoms with Crippen LogP contribution in [-0.4, -0.2) is 25.9 Å². The Kier molecular flexibility index (Phi) is 4.79. The van der Waals surface area contributed by atoms with E-state index >= 15 is 0 Å². The van der Waals surface area contributed by atoms with Crippen LogP contribution in [-0.2, 0) is 14.8 Å².